The third-order valence-electron chi connectivity index (χ3n) is 5.23. The van der Waals surface area contributed by atoms with Gasteiger partial charge < -0.3 is 24.4 Å². The highest BCUT2D eigenvalue weighted by Gasteiger charge is 2.25. The Morgan fingerprint density at radius 1 is 1.03 bits per heavy atom. The predicted molar refractivity (Wildman–Crippen MR) is 116 cm³/mol. The van der Waals surface area contributed by atoms with Crippen LogP contribution in [-0.2, 0) is 6.54 Å². The molecule has 1 fully saturated rings. The monoisotopic (exact) mass is 393 g/mol. The van der Waals surface area contributed by atoms with Crippen LogP contribution in [0.2, 0.25) is 0 Å². The Kier molecular flexibility index (Phi) is 5.55. The number of hydrogen-bond donors (Lipinski definition) is 1. The van der Waals surface area contributed by atoms with Crippen molar-refractivity contribution >= 4 is 28.7 Å². The molecule has 2 heterocycles. The smallest absolute Gasteiger partial charge is 0.322 e. The first-order valence-electron chi connectivity index (χ1n) is 10.2. The minimum atomic E-state index is -0.0965. The van der Waals surface area contributed by atoms with E-state index >= 15 is 0 Å². The molecule has 152 valence electrons. The minimum Gasteiger partial charge on any atom is -0.492 e. The van der Waals surface area contributed by atoms with E-state index in [0.29, 0.717) is 31.1 Å². The van der Waals surface area contributed by atoms with E-state index in [1.807, 2.05) is 54.3 Å². The number of nitrogens with zero attached hydrogens (tertiary/aromatic N) is 4. The second-order valence-corrected chi connectivity index (χ2v) is 6.98. The van der Waals surface area contributed by atoms with Crippen LogP contribution in [-0.4, -0.2) is 53.3 Å². The number of ether oxygens (including phenoxy) is 1. The Morgan fingerprint density at radius 3 is 2.52 bits per heavy atom. The molecule has 1 aromatic heterocycles. The molecule has 7 heteroatoms. The summed E-state index contributed by atoms with van der Waals surface area (Å²) in [5, 5.41) is 2.99. The molecule has 1 aliphatic heterocycles. The number of piperazine rings is 1. The van der Waals surface area contributed by atoms with Gasteiger partial charge in [0.2, 0.25) is 5.95 Å². The molecule has 1 aliphatic rings. The number of fused-ring (bicyclic) bond motifs is 1. The lowest BCUT2D eigenvalue weighted by atomic mass is 10.3. The van der Waals surface area contributed by atoms with E-state index in [2.05, 4.69) is 27.8 Å². The molecule has 0 bridgehead atoms. The van der Waals surface area contributed by atoms with Crippen LogP contribution >= 0.6 is 0 Å². The lowest BCUT2D eigenvalue weighted by molar-refractivity contribution is 0.207. The maximum absolute atomic E-state index is 12.8. The van der Waals surface area contributed by atoms with Gasteiger partial charge in [-0.1, -0.05) is 24.3 Å². The zero-order chi connectivity index (χ0) is 20.2. The topological polar surface area (TPSA) is 62.6 Å². The highest BCUT2D eigenvalue weighted by Crippen LogP contribution is 2.25. The van der Waals surface area contributed by atoms with Crippen LogP contribution in [0.15, 0.2) is 48.5 Å². The predicted octanol–water partition coefficient (Wildman–Crippen LogP) is 3.81. The van der Waals surface area contributed by atoms with E-state index in [4.69, 9.17) is 9.72 Å². The van der Waals surface area contributed by atoms with Gasteiger partial charge in [-0.15, -0.1) is 0 Å². The van der Waals surface area contributed by atoms with Gasteiger partial charge in [-0.3, -0.25) is 0 Å². The summed E-state index contributed by atoms with van der Waals surface area (Å²) in [5.41, 5.74) is 2.87. The summed E-state index contributed by atoms with van der Waals surface area (Å²) in [6, 6.07) is 15.6. The third-order valence-corrected chi connectivity index (χ3v) is 5.23. The molecule has 0 unspecified atom stereocenters. The van der Waals surface area contributed by atoms with Gasteiger partial charge in [0.15, 0.2) is 0 Å². The first-order valence-corrected chi connectivity index (χ1v) is 10.2. The SMILES string of the molecule is CCOc1ccccc1NC(=O)N1CCN(c2nc3ccccc3n2CC)CC1. The maximum Gasteiger partial charge on any atom is 0.322 e. The molecule has 1 N–H and O–H groups in total. The lowest BCUT2D eigenvalue weighted by Crippen LogP contribution is -2.50. The van der Waals surface area contributed by atoms with Crippen LogP contribution in [0, 0.1) is 0 Å². The second kappa shape index (κ2) is 8.43. The number of urea groups is 1. The Bertz CT molecular complexity index is 992. The summed E-state index contributed by atoms with van der Waals surface area (Å²) in [4.78, 5) is 21.7. The van der Waals surface area contributed by atoms with Crippen molar-refractivity contribution in [2.24, 2.45) is 0 Å². The van der Waals surface area contributed by atoms with Crippen molar-refractivity contribution in [1.82, 2.24) is 14.5 Å². The molecule has 2 amide bonds. The first kappa shape index (κ1) is 19.1. The number of rotatable bonds is 5. The Balaban J connectivity index is 1.43. The van der Waals surface area contributed by atoms with E-state index in [1.165, 1.54) is 0 Å². The molecular weight excluding hydrogens is 366 g/mol. The molecule has 0 aliphatic carbocycles. The standard InChI is InChI=1S/C22H27N5O2/c1-3-27-19-11-7-5-9-17(19)23-21(27)25-13-15-26(16-14-25)22(28)24-18-10-6-8-12-20(18)29-4-2/h5-12H,3-4,13-16H2,1-2H3,(H,24,28). The van der Waals surface area contributed by atoms with E-state index in [0.717, 1.165) is 36.6 Å². The van der Waals surface area contributed by atoms with Gasteiger partial charge in [0.05, 0.1) is 23.3 Å². The Hall–Kier alpha value is -3.22. The van der Waals surface area contributed by atoms with Crippen molar-refractivity contribution in [3.05, 3.63) is 48.5 Å². The fourth-order valence-electron chi connectivity index (χ4n) is 3.77. The van der Waals surface area contributed by atoms with Crippen LogP contribution < -0.4 is 15.0 Å². The number of hydrogen-bond acceptors (Lipinski definition) is 4. The number of aryl methyl sites for hydroxylation is 1. The van der Waals surface area contributed by atoms with Crippen LogP contribution in [0.25, 0.3) is 11.0 Å². The summed E-state index contributed by atoms with van der Waals surface area (Å²) in [7, 11) is 0. The largest absolute Gasteiger partial charge is 0.492 e. The number of benzene rings is 2. The van der Waals surface area contributed by atoms with Crippen LogP contribution in [0.5, 0.6) is 5.75 Å². The third kappa shape index (κ3) is 3.85. The Labute approximate surface area is 170 Å². The number of imidazole rings is 1. The zero-order valence-electron chi connectivity index (χ0n) is 17.0. The number of amides is 2. The number of anilines is 2. The van der Waals surface area contributed by atoms with Crippen LogP contribution in [0.3, 0.4) is 0 Å². The number of nitrogens with one attached hydrogen (secondary N) is 1. The van der Waals surface area contributed by atoms with E-state index in [9.17, 15) is 4.79 Å². The van der Waals surface area contributed by atoms with E-state index in [-0.39, 0.29) is 6.03 Å². The average Bonchev–Trinajstić information content (AvgIpc) is 3.14. The fourth-order valence-corrected chi connectivity index (χ4v) is 3.77. The average molecular weight is 393 g/mol. The zero-order valence-corrected chi connectivity index (χ0v) is 17.0. The molecule has 2 aromatic carbocycles. The van der Waals surface area contributed by atoms with Crippen LogP contribution in [0.4, 0.5) is 16.4 Å². The fraction of sp³-hybridized carbons (Fsp3) is 0.364. The van der Waals surface area contributed by atoms with Gasteiger partial charge in [-0.25, -0.2) is 9.78 Å². The minimum absolute atomic E-state index is 0.0965. The normalized spacial score (nSPS) is 14.3. The molecule has 29 heavy (non-hydrogen) atoms. The molecule has 3 aromatic rings. The molecule has 4 rings (SSSR count). The van der Waals surface area contributed by atoms with Crippen molar-refractivity contribution in [2.45, 2.75) is 20.4 Å². The van der Waals surface area contributed by atoms with Crippen molar-refractivity contribution in [3.8, 4) is 5.75 Å². The van der Waals surface area contributed by atoms with Gasteiger partial charge in [0.25, 0.3) is 0 Å². The molecule has 7 nitrogen and oxygen atoms in total. The number of aromatic nitrogens is 2. The van der Waals surface area contributed by atoms with Crippen LogP contribution in [0.1, 0.15) is 13.8 Å². The van der Waals surface area contributed by atoms with Gasteiger partial charge in [0, 0.05) is 32.7 Å². The maximum atomic E-state index is 12.8. The molecule has 0 radical (unpaired) electrons. The number of carbonyl (C=O) groups is 1. The number of para-hydroxylation sites is 4. The molecule has 1 saturated heterocycles. The summed E-state index contributed by atoms with van der Waals surface area (Å²) >= 11 is 0. The molecule has 0 saturated carbocycles. The lowest BCUT2D eigenvalue weighted by Gasteiger charge is -2.35. The van der Waals surface area contributed by atoms with E-state index in [1.54, 1.807) is 0 Å². The van der Waals surface area contributed by atoms with Crippen molar-refractivity contribution < 1.29 is 9.53 Å². The summed E-state index contributed by atoms with van der Waals surface area (Å²) in [6.07, 6.45) is 0. The van der Waals surface area contributed by atoms with Gasteiger partial charge >= 0.3 is 6.03 Å². The van der Waals surface area contributed by atoms with Gasteiger partial charge in [-0.2, -0.15) is 0 Å². The van der Waals surface area contributed by atoms with Crippen molar-refractivity contribution in [2.75, 3.05) is 43.0 Å². The van der Waals surface area contributed by atoms with Gasteiger partial charge in [-0.05, 0) is 38.1 Å². The number of carbonyl (C=O) groups excluding carboxylic acids is 1. The molecule has 0 spiro atoms. The Morgan fingerprint density at radius 2 is 1.76 bits per heavy atom. The van der Waals surface area contributed by atoms with Crippen molar-refractivity contribution in [3.63, 3.8) is 0 Å². The summed E-state index contributed by atoms with van der Waals surface area (Å²) < 4.78 is 7.84. The van der Waals surface area contributed by atoms with Crippen molar-refractivity contribution in [1.29, 1.82) is 0 Å². The van der Waals surface area contributed by atoms with Gasteiger partial charge in [0.1, 0.15) is 5.75 Å². The summed E-state index contributed by atoms with van der Waals surface area (Å²) in [6.45, 7) is 8.30. The summed E-state index contributed by atoms with van der Waals surface area (Å²) in [5.74, 6) is 1.68. The van der Waals surface area contributed by atoms with E-state index < -0.39 is 0 Å². The first-order chi connectivity index (χ1) is 14.2. The highest BCUT2D eigenvalue weighted by atomic mass is 16.5. The molecule has 0 atom stereocenters. The second-order valence-electron chi connectivity index (χ2n) is 6.98. The quantitative estimate of drug-likeness (QED) is 0.716. The molecular formula is C22H27N5O2. The highest BCUT2D eigenvalue weighted by molar-refractivity contribution is 5.91.